The second-order valence-electron chi connectivity index (χ2n) is 5.32. The van der Waals surface area contributed by atoms with E-state index in [4.69, 9.17) is 9.84 Å². The fourth-order valence-corrected chi connectivity index (χ4v) is 2.79. The molecule has 116 valence electrons. The van der Waals surface area contributed by atoms with Crippen molar-refractivity contribution in [2.45, 2.75) is 52.0 Å². The third kappa shape index (κ3) is 4.31. The summed E-state index contributed by atoms with van der Waals surface area (Å²) < 4.78 is 5.48. The van der Waals surface area contributed by atoms with Crippen LogP contribution in [0.15, 0.2) is 6.07 Å². The van der Waals surface area contributed by atoms with Crippen molar-refractivity contribution in [2.24, 2.45) is 0 Å². The molecule has 1 N–H and O–H groups in total. The van der Waals surface area contributed by atoms with Crippen molar-refractivity contribution < 1.29 is 14.6 Å². The molecular weight excluding hydrogens is 270 g/mol. The highest BCUT2D eigenvalue weighted by molar-refractivity contribution is 5.66. The lowest BCUT2D eigenvalue weighted by atomic mass is 9.98. The van der Waals surface area contributed by atoms with E-state index < -0.39 is 5.97 Å². The van der Waals surface area contributed by atoms with Crippen molar-refractivity contribution in [1.82, 2.24) is 9.97 Å². The first-order valence-corrected chi connectivity index (χ1v) is 7.57. The fourth-order valence-electron chi connectivity index (χ4n) is 2.79. The van der Waals surface area contributed by atoms with E-state index in [9.17, 15) is 4.79 Å². The third-order valence-corrected chi connectivity index (χ3v) is 3.71. The first kappa shape index (κ1) is 15.5. The van der Waals surface area contributed by atoms with Gasteiger partial charge in [0.1, 0.15) is 11.6 Å². The Morgan fingerprint density at radius 1 is 1.48 bits per heavy atom. The van der Waals surface area contributed by atoms with Gasteiger partial charge in [-0.1, -0.05) is 0 Å². The molecular formula is C15H23N3O3. The summed E-state index contributed by atoms with van der Waals surface area (Å²) in [4.78, 5) is 21.8. The van der Waals surface area contributed by atoms with Crippen LogP contribution in [0.1, 0.15) is 44.9 Å². The molecule has 6 nitrogen and oxygen atoms in total. The third-order valence-electron chi connectivity index (χ3n) is 3.71. The summed E-state index contributed by atoms with van der Waals surface area (Å²) in [6.45, 7) is 5.25. The average Bonchev–Trinajstić information content (AvgIpc) is 2.45. The second kappa shape index (κ2) is 7.24. The molecule has 1 aromatic heterocycles. The molecule has 0 aliphatic carbocycles. The van der Waals surface area contributed by atoms with Crippen LogP contribution in [0.5, 0.6) is 5.88 Å². The number of carboxylic acid groups (broad SMARTS) is 1. The number of hydrogen-bond donors (Lipinski definition) is 1. The van der Waals surface area contributed by atoms with E-state index in [1.165, 1.54) is 0 Å². The Balaban J connectivity index is 2.17. The van der Waals surface area contributed by atoms with Gasteiger partial charge in [-0.3, -0.25) is 4.79 Å². The molecule has 1 aromatic rings. The van der Waals surface area contributed by atoms with Gasteiger partial charge in [-0.05, 0) is 39.5 Å². The SMILES string of the molecule is CCOc1cc(N2CCCCC2CCC(=O)O)nc(C)n1. The largest absolute Gasteiger partial charge is 0.481 e. The number of aromatic nitrogens is 2. The minimum absolute atomic E-state index is 0.198. The topological polar surface area (TPSA) is 75.5 Å². The summed E-state index contributed by atoms with van der Waals surface area (Å²) in [6, 6.07) is 2.09. The van der Waals surface area contributed by atoms with Crippen molar-refractivity contribution in [3.8, 4) is 5.88 Å². The first-order chi connectivity index (χ1) is 10.1. The van der Waals surface area contributed by atoms with Gasteiger partial charge in [0.25, 0.3) is 0 Å². The highest BCUT2D eigenvalue weighted by atomic mass is 16.5. The number of aryl methyl sites for hydroxylation is 1. The fraction of sp³-hybridized carbons (Fsp3) is 0.667. The lowest BCUT2D eigenvalue weighted by Gasteiger charge is -2.36. The van der Waals surface area contributed by atoms with Crippen molar-refractivity contribution in [3.63, 3.8) is 0 Å². The lowest BCUT2D eigenvalue weighted by molar-refractivity contribution is -0.137. The van der Waals surface area contributed by atoms with Crippen molar-refractivity contribution in [1.29, 1.82) is 0 Å². The number of nitrogens with zero attached hydrogens (tertiary/aromatic N) is 3. The summed E-state index contributed by atoms with van der Waals surface area (Å²) in [6.07, 6.45) is 4.12. The molecule has 1 saturated heterocycles. The molecule has 1 unspecified atom stereocenters. The monoisotopic (exact) mass is 293 g/mol. The minimum Gasteiger partial charge on any atom is -0.481 e. The smallest absolute Gasteiger partial charge is 0.303 e. The molecule has 0 amide bonds. The molecule has 1 aliphatic heterocycles. The molecule has 0 aromatic carbocycles. The number of aliphatic carboxylic acids is 1. The molecule has 0 saturated carbocycles. The van der Waals surface area contributed by atoms with Crippen LogP contribution in [0.2, 0.25) is 0 Å². The summed E-state index contributed by atoms with van der Waals surface area (Å²) in [5.41, 5.74) is 0. The van der Waals surface area contributed by atoms with E-state index in [2.05, 4.69) is 14.9 Å². The van der Waals surface area contributed by atoms with Crippen molar-refractivity contribution in [2.75, 3.05) is 18.1 Å². The molecule has 21 heavy (non-hydrogen) atoms. The number of carbonyl (C=O) groups is 1. The van der Waals surface area contributed by atoms with Crippen LogP contribution in [0.4, 0.5) is 5.82 Å². The average molecular weight is 293 g/mol. The number of ether oxygens (including phenoxy) is 1. The number of piperidine rings is 1. The highest BCUT2D eigenvalue weighted by Gasteiger charge is 2.25. The van der Waals surface area contributed by atoms with Crippen molar-refractivity contribution in [3.05, 3.63) is 11.9 Å². The van der Waals surface area contributed by atoms with Gasteiger partial charge in [0, 0.05) is 25.1 Å². The Morgan fingerprint density at radius 2 is 2.29 bits per heavy atom. The summed E-state index contributed by atoms with van der Waals surface area (Å²) in [5, 5.41) is 8.90. The summed E-state index contributed by atoms with van der Waals surface area (Å²) in [5.74, 6) is 1.37. The Morgan fingerprint density at radius 3 is 3.00 bits per heavy atom. The van der Waals surface area contributed by atoms with Gasteiger partial charge in [0.2, 0.25) is 5.88 Å². The highest BCUT2D eigenvalue weighted by Crippen LogP contribution is 2.27. The molecule has 0 radical (unpaired) electrons. The van der Waals surface area contributed by atoms with Crippen LogP contribution in [0.25, 0.3) is 0 Å². The number of rotatable bonds is 6. The summed E-state index contributed by atoms with van der Waals surface area (Å²) >= 11 is 0. The zero-order chi connectivity index (χ0) is 15.2. The van der Waals surface area contributed by atoms with Crippen LogP contribution in [0.3, 0.4) is 0 Å². The standard InChI is InChI=1S/C15H23N3O3/c1-3-21-14-10-13(16-11(2)17-14)18-9-5-4-6-12(18)7-8-15(19)20/h10,12H,3-9H2,1-2H3,(H,19,20). The molecule has 2 rings (SSSR count). The number of carboxylic acids is 1. The zero-order valence-electron chi connectivity index (χ0n) is 12.7. The normalized spacial score (nSPS) is 18.6. The van der Waals surface area contributed by atoms with Crippen LogP contribution < -0.4 is 9.64 Å². The molecule has 1 atom stereocenters. The van der Waals surface area contributed by atoms with Gasteiger partial charge in [-0.2, -0.15) is 4.98 Å². The minimum atomic E-state index is -0.741. The quantitative estimate of drug-likeness (QED) is 0.868. The molecule has 6 heteroatoms. The predicted molar refractivity (Wildman–Crippen MR) is 79.8 cm³/mol. The van der Waals surface area contributed by atoms with E-state index in [-0.39, 0.29) is 12.5 Å². The Kier molecular flexibility index (Phi) is 5.36. The van der Waals surface area contributed by atoms with E-state index >= 15 is 0 Å². The van der Waals surface area contributed by atoms with Gasteiger partial charge in [-0.15, -0.1) is 0 Å². The lowest BCUT2D eigenvalue weighted by Crippen LogP contribution is -2.40. The van der Waals surface area contributed by atoms with Gasteiger partial charge in [-0.25, -0.2) is 4.98 Å². The summed E-state index contributed by atoms with van der Waals surface area (Å²) in [7, 11) is 0. The maximum atomic E-state index is 10.8. The van der Waals surface area contributed by atoms with Crippen LogP contribution in [-0.4, -0.2) is 40.2 Å². The zero-order valence-corrected chi connectivity index (χ0v) is 12.7. The Labute approximate surface area is 125 Å². The van der Waals surface area contributed by atoms with E-state index in [0.717, 1.165) is 31.6 Å². The first-order valence-electron chi connectivity index (χ1n) is 7.57. The van der Waals surface area contributed by atoms with Crippen LogP contribution in [-0.2, 0) is 4.79 Å². The Bertz CT molecular complexity index is 493. The van der Waals surface area contributed by atoms with Crippen LogP contribution in [0, 0.1) is 6.92 Å². The van der Waals surface area contributed by atoms with E-state index in [1.807, 2.05) is 19.9 Å². The number of anilines is 1. The van der Waals surface area contributed by atoms with Gasteiger partial charge in [0.05, 0.1) is 6.61 Å². The Hall–Kier alpha value is -1.85. The molecule has 0 spiro atoms. The van der Waals surface area contributed by atoms with Gasteiger partial charge >= 0.3 is 5.97 Å². The number of hydrogen-bond acceptors (Lipinski definition) is 5. The maximum absolute atomic E-state index is 10.8. The second-order valence-corrected chi connectivity index (χ2v) is 5.32. The predicted octanol–water partition coefficient (Wildman–Crippen LogP) is 2.41. The molecule has 1 aliphatic rings. The molecule has 2 heterocycles. The molecule has 0 bridgehead atoms. The maximum Gasteiger partial charge on any atom is 0.303 e. The van der Waals surface area contributed by atoms with E-state index in [0.29, 0.717) is 24.7 Å². The molecule has 1 fully saturated rings. The van der Waals surface area contributed by atoms with E-state index in [1.54, 1.807) is 0 Å². The van der Waals surface area contributed by atoms with Crippen molar-refractivity contribution >= 4 is 11.8 Å². The van der Waals surface area contributed by atoms with Gasteiger partial charge < -0.3 is 14.7 Å². The van der Waals surface area contributed by atoms with Gasteiger partial charge in [0.15, 0.2) is 0 Å². The van der Waals surface area contributed by atoms with Crippen LogP contribution >= 0.6 is 0 Å².